The molecule has 15 rings (SSSR count). The predicted octanol–water partition coefficient (Wildman–Crippen LogP) is 19.8. The van der Waals surface area contributed by atoms with Crippen molar-refractivity contribution in [2.45, 2.75) is 224 Å². The van der Waals surface area contributed by atoms with Gasteiger partial charge in [-0.05, 0) is 205 Å². The number of rotatable bonds is 3. The number of hydrogen-bond acceptors (Lipinski definition) is 4. The second kappa shape index (κ2) is 16.6. The highest BCUT2D eigenvalue weighted by Crippen LogP contribution is 2.63. The summed E-state index contributed by atoms with van der Waals surface area (Å²) < 4.78 is 2.69. The van der Waals surface area contributed by atoms with Gasteiger partial charge in [0.2, 0.25) is 0 Å². The molecular formula is C77H88BN3S. The number of hydrogen-bond donors (Lipinski definition) is 0. The Bertz CT molecular complexity index is 4100. The van der Waals surface area contributed by atoms with E-state index in [4.69, 9.17) is 0 Å². The van der Waals surface area contributed by atoms with E-state index in [-0.39, 0.29) is 55.6 Å². The summed E-state index contributed by atoms with van der Waals surface area (Å²) in [5.41, 5.74) is 27.0. The van der Waals surface area contributed by atoms with Crippen LogP contribution in [0.1, 0.15) is 220 Å². The number of thiophene rings is 1. The van der Waals surface area contributed by atoms with E-state index in [1.165, 1.54) is 172 Å². The summed E-state index contributed by atoms with van der Waals surface area (Å²) in [6.07, 6.45) is 10.6. The Balaban J connectivity index is 1.12. The Hall–Kier alpha value is -5.78. The number of fused-ring (bicyclic) bond motifs is 13. The van der Waals surface area contributed by atoms with E-state index in [0.29, 0.717) is 0 Å². The first-order chi connectivity index (χ1) is 38.5. The van der Waals surface area contributed by atoms with Crippen molar-refractivity contribution in [3.8, 4) is 0 Å². The maximum atomic E-state index is 2.90. The van der Waals surface area contributed by atoms with Crippen molar-refractivity contribution < 1.29 is 0 Å². The fourth-order valence-electron chi connectivity index (χ4n) is 18.4. The summed E-state index contributed by atoms with van der Waals surface area (Å²) in [7, 11) is 0. The molecule has 2 unspecified atom stereocenters. The van der Waals surface area contributed by atoms with E-state index in [0.717, 1.165) is 12.8 Å². The van der Waals surface area contributed by atoms with Gasteiger partial charge in [-0.2, -0.15) is 0 Å². The Kier molecular flexibility index (Phi) is 10.7. The molecule has 0 bridgehead atoms. The molecule has 0 N–H and O–H groups in total. The van der Waals surface area contributed by atoms with Gasteiger partial charge in [0.15, 0.2) is 0 Å². The summed E-state index contributed by atoms with van der Waals surface area (Å²) in [4.78, 5) is 8.52. The standard InChI is InChI=1S/C77H88BN3S/c1-69(2,3)46-27-30-60-57(37-46)76(16)31-20-21-32-77(76,17)81(60)48-39-64-67-65(40-48)80(61-25-22-24-50-49-23-18-19-26-66(49)82-68(50)61)63-44-56-54(74(12,13)45-75(56,14)15)42-59(63)78(67)58-41-53-55(73(10,11)36-35-72(53,8)9)43-62(58)79(64)47-28-29-51-52(38-47)71(6,7)34-33-70(51,4)5/h18-19,22-30,37-44H,20-21,31-36,45H2,1-17H3. The SMILES string of the molecule is CC(C)(C)c1ccc2c(c1)C1(C)CCCCC1(C)N2c1cc2c3c(c1)N(c1cccc4c1sc1ccccc14)c1cc4c(cc1B3c1cc3c(cc1N2c1ccc2c(c1)C(C)(C)CCC2(C)C)C(C)(C)CCC3(C)C)C(C)(C)CC4(C)C. The molecule has 0 spiro atoms. The first kappa shape index (κ1) is 53.0. The Morgan fingerprint density at radius 1 is 0.415 bits per heavy atom. The second-order valence-corrected chi connectivity index (χ2v) is 33.6. The lowest BCUT2D eigenvalue weighted by atomic mass is 9.33. The molecule has 0 radical (unpaired) electrons. The van der Waals surface area contributed by atoms with Gasteiger partial charge in [-0.1, -0.05) is 184 Å². The van der Waals surface area contributed by atoms with Crippen LogP contribution in [0, 0.1) is 0 Å². The largest absolute Gasteiger partial charge is 0.334 e. The van der Waals surface area contributed by atoms with Crippen LogP contribution in [-0.2, 0) is 43.3 Å². The molecule has 1 fully saturated rings. The van der Waals surface area contributed by atoms with Crippen LogP contribution >= 0.6 is 11.3 Å². The van der Waals surface area contributed by atoms with Crippen LogP contribution in [0.25, 0.3) is 20.2 Å². The monoisotopic (exact) mass is 1100 g/mol. The summed E-state index contributed by atoms with van der Waals surface area (Å²) >= 11 is 1.97. The average molecular weight is 1100 g/mol. The van der Waals surface area contributed by atoms with Crippen molar-refractivity contribution in [1.29, 1.82) is 0 Å². The van der Waals surface area contributed by atoms with Gasteiger partial charge in [0.05, 0.1) is 15.9 Å². The maximum absolute atomic E-state index is 2.90. The second-order valence-electron chi connectivity index (χ2n) is 32.5. The third-order valence-electron chi connectivity index (χ3n) is 23.5. The molecule has 7 aliphatic rings. The van der Waals surface area contributed by atoms with Crippen molar-refractivity contribution in [2.24, 2.45) is 0 Å². The van der Waals surface area contributed by atoms with E-state index in [1.54, 1.807) is 0 Å². The number of nitrogens with zero attached hydrogens (tertiary/aromatic N) is 3. The van der Waals surface area contributed by atoms with Gasteiger partial charge in [-0.15, -0.1) is 11.3 Å². The lowest BCUT2D eigenvalue weighted by Gasteiger charge is -2.51. The van der Waals surface area contributed by atoms with E-state index >= 15 is 0 Å². The van der Waals surface area contributed by atoms with Crippen LogP contribution in [-0.4, -0.2) is 12.3 Å². The van der Waals surface area contributed by atoms with Crippen LogP contribution in [0.4, 0.5) is 45.5 Å². The summed E-state index contributed by atoms with van der Waals surface area (Å²) in [6, 6.07) is 48.1. The van der Waals surface area contributed by atoms with Crippen LogP contribution in [0.2, 0.25) is 0 Å². The van der Waals surface area contributed by atoms with E-state index in [9.17, 15) is 0 Å². The smallest absolute Gasteiger partial charge is 0.252 e. The van der Waals surface area contributed by atoms with Gasteiger partial charge in [-0.25, -0.2) is 0 Å². The van der Waals surface area contributed by atoms with Crippen molar-refractivity contribution in [2.75, 3.05) is 14.7 Å². The molecule has 0 saturated heterocycles. The molecule has 4 aliphatic carbocycles. The van der Waals surface area contributed by atoms with Gasteiger partial charge >= 0.3 is 0 Å². The molecule has 2 atom stereocenters. The Morgan fingerprint density at radius 2 is 0.963 bits per heavy atom. The Morgan fingerprint density at radius 3 is 1.62 bits per heavy atom. The minimum atomic E-state index is -0.155. The first-order valence-electron chi connectivity index (χ1n) is 31.6. The molecule has 0 amide bonds. The van der Waals surface area contributed by atoms with Gasteiger partial charge in [0, 0.05) is 60.7 Å². The van der Waals surface area contributed by atoms with Crippen LogP contribution in [0.5, 0.6) is 0 Å². The molecule has 8 aromatic rings. The normalized spacial score (nSPS) is 24.3. The van der Waals surface area contributed by atoms with Crippen molar-refractivity contribution in [1.82, 2.24) is 0 Å². The van der Waals surface area contributed by atoms with Crippen molar-refractivity contribution in [3.05, 3.63) is 160 Å². The van der Waals surface area contributed by atoms with Gasteiger partial charge in [-0.3, -0.25) is 0 Å². The molecule has 3 nitrogen and oxygen atoms in total. The average Bonchev–Trinajstić information content (AvgIpc) is 1.57. The van der Waals surface area contributed by atoms with E-state index in [1.807, 2.05) is 11.3 Å². The fraction of sp³-hybridized carbons (Fsp3) is 0.455. The van der Waals surface area contributed by atoms with Crippen LogP contribution < -0.4 is 31.1 Å². The third-order valence-corrected chi connectivity index (χ3v) is 24.7. The lowest BCUT2D eigenvalue weighted by Crippen LogP contribution is -2.62. The molecule has 5 heteroatoms. The minimum Gasteiger partial charge on any atom is -0.334 e. The molecule has 7 aromatic carbocycles. The Labute approximate surface area is 496 Å². The molecule has 420 valence electrons. The van der Waals surface area contributed by atoms with E-state index in [2.05, 4.69) is 248 Å². The zero-order valence-corrected chi connectivity index (χ0v) is 53.5. The third kappa shape index (κ3) is 7.07. The molecule has 1 aromatic heterocycles. The number of benzene rings is 7. The zero-order valence-electron chi connectivity index (χ0n) is 52.7. The molecular weight excluding hydrogens is 1010 g/mol. The topological polar surface area (TPSA) is 9.72 Å². The highest BCUT2D eigenvalue weighted by Gasteiger charge is 2.59. The summed E-state index contributed by atoms with van der Waals surface area (Å²) in [6.45, 7) is 42.6. The minimum absolute atomic E-state index is 0.00199. The van der Waals surface area contributed by atoms with Crippen molar-refractivity contribution >= 4 is 100 Å². The van der Waals surface area contributed by atoms with Gasteiger partial charge < -0.3 is 14.7 Å². The maximum Gasteiger partial charge on any atom is 0.252 e. The molecule has 82 heavy (non-hydrogen) atoms. The molecule has 4 heterocycles. The first-order valence-corrected chi connectivity index (χ1v) is 32.4. The van der Waals surface area contributed by atoms with Crippen molar-refractivity contribution in [3.63, 3.8) is 0 Å². The van der Waals surface area contributed by atoms with E-state index < -0.39 is 0 Å². The summed E-state index contributed by atoms with van der Waals surface area (Å²) in [5, 5.41) is 2.68. The van der Waals surface area contributed by atoms with Crippen LogP contribution in [0.15, 0.2) is 115 Å². The summed E-state index contributed by atoms with van der Waals surface area (Å²) in [5.74, 6) is 0. The predicted molar refractivity (Wildman–Crippen MR) is 356 cm³/mol. The van der Waals surface area contributed by atoms with Gasteiger partial charge in [0.25, 0.3) is 6.71 Å². The zero-order chi connectivity index (χ0) is 57.6. The van der Waals surface area contributed by atoms with Gasteiger partial charge in [0.1, 0.15) is 0 Å². The van der Waals surface area contributed by atoms with Crippen LogP contribution in [0.3, 0.4) is 0 Å². The lowest BCUT2D eigenvalue weighted by molar-refractivity contribution is 0.195. The fourth-order valence-corrected chi connectivity index (χ4v) is 19.6. The quantitative estimate of drug-likeness (QED) is 0.163. The molecule has 3 aliphatic heterocycles. The highest BCUT2D eigenvalue weighted by molar-refractivity contribution is 7.26. The molecule has 1 saturated carbocycles. The number of anilines is 8. The highest BCUT2D eigenvalue weighted by atomic mass is 32.1.